The Balaban J connectivity index is 1.61. The van der Waals surface area contributed by atoms with Gasteiger partial charge < -0.3 is 14.6 Å². The third-order valence-corrected chi connectivity index (χ3v) is 3.95. The summed E-state index contributed by atoms with van der Waals surface area (Å²) in [7, 11) is 0. The largest absolute Gasteiger partial charge is 0.449 e. The van der Waals surface area contributed by atoms with Crippen LogP contribution < -0.4 is 10.2 Å². The van der Waals surface area contributed by atoms with Gasteiger partial charge in [0.25, 0.3) is 5.91 Å². The van der Waals surface area contributed by atoms with Crippen molar-refractivity contribution in [1.82, 2.24) is 5.16 Å². The van der Waals surface area contributed by atoms with Crippen molar-refractivity contribution in [3.8, 4) is 0 Å². The predicted octanol–water partition coefficient (Wildman–Crippen LogP) is 1.82. The second kappa shape index (κ2) is 7.40. The topological polar surface area (TPSA) is 119 Å². The molecule has 1 aromatic heterocycles. The Labute approximate surface area is 154 Å². The minimum atomic E-state index is -1.06. The molecular formula is C18H17N3O6. The lowest BCUT2D eigenvalue weighted by atomic mass is 10.2. The zero-order chi connectivity index (χ0) is 19.6. The highest BCUT2D eigenvalue weighted by molar-refractivity contribution is 6.19. The van der Waals surface area contributed by atoms with Crippen LogP contribution in [0.2, 0.25) is 0 Å². The monoisotopic (exact) mass is 371 g/mol. The highest BCUT2D eigenvalue weighted by Gasteiger charge is 2.30. The molecule has 0 radical (unpaired) electrons. The lowest BCUT2D eigenvalue weighted by molar-refractivity contribution is -0.124. The smallest absolute Gasteiger partial charge is 0.338 e. The molecule has 0 saturated carbocycles. The van der Waals surface area contributed by atoms with Crippen LogP contribution in [0.1, 0.15) is 35.9 Å². The van der Waals surface area contributed by atoms with Gasteiger partial charge in [0.15, 0.2) is 11.9 Å². The molecule has 3 rings (SSSR count). The molecule has 1 fully saturated rings. The Bertz CT molecular complexity index is 886. The number of carbonyl (C=O) groups is 4. The van der Waals surface area contributed by atoms with Gasteiger partial charge in [0, 0.05) is 18.9 Å². The van der Waals surface area contributed by atoms with Crippen LogP contribution in [0, 0.1) is 6.92 Å². The van der Waals surface area contributed by atoms with Gasteiger partial charge in [-0.05, 0) is 38.1 Å². The van der Waals surface area contributed by atoms with E-state index in [0.717, 1.165) is 4.90 Å². The molecule has 3 amide bonds. The fourth-order valence-electron chi connectivity index (χ4n) is 2.55. The fourth-order valence-corrected chi connectivity index (χ4v) is 2.55. The number of amides is 3. The normalized spacial score (nSPS) is 15.0. The van der Waals surface area contributed by atoms with Crippen molar-refractivity contribution in [3.63, 3.8) is 0 Å². The number of hydrogen-bond donors (Lipinski definition) is 1. The van der Waals surface area contributed by atoms with Gasteiger partial charge >= 0.3 is 5.97 Å². The Morgan fingerprint density at radius 2 is 1.81 bits per heavy atom. The lowest BCUT2D eigenvalue weighted by Gasteiger charge is -2.15. The first-order valence-electron chi connectivity index (χ1n) is 8.26. The average Bonchev–Trinajstić information content (AvgIpc) is 3.19. The van der Waals surface area contributed by atoms with Crippen molar-refractivity contribution in [2.45, 2.75) is 32.8 Å². The highest BCUT2D eigenvalue weighted by Crippen LogP contribution is 2.23. The lowest BCUT2D eigenvalue weighted by Crippen LogP contribution is -2.30. The molecule has 1 aliphatic rings. The summed E-state index contributed by atoms with van der Waals surface area (Å²) in [6.07, 6.45) is -0.698. The Kier molecular flexibility index (Phi) is 5.02. The third-order valence-electron chi connectivity index (χ3n) is 3.95. The SMILES string of the molecule is Cc1cc(NC(=O)[C@@H](C)OC(=O)c2ccc(N3C(=O)CCC3=O)cc2)no1. The molecule has 27 heavy (non-hydrogen) atoms. The summed E-state index contributed by atoms with van der Waals surface area (Å²) in [5, 5.41) is 6.10. The van der Waals surface area contributed by atoms with E-state index in [1.165, 1.54) is 37.3 Å². The number of esters is 1. The van der Waals surface area contributed by atoms with Crippen molar-refractivity contribution >= 4 is 35.2 Å². The van der Waals surface area contributed by atoms with E-state index in [0.29, 0.717) is 11.4 Å². The van der Waals surface area contributed by atoms with Crippen LogP contribution in [0.25, 0.3) is 0 Å². The number of nitrogens with one attached hydrogen (secondary N) is 1. The van der Waals surface area contributed by atoms with E-state index in [1.54, 1.807) is 6.92 Å². The maximum absolute atomic E-state index is 12.2. The second-order valence-corrected chi connectivity index (χ2v) is 6.03. The number of aromatic nitrogens is 1. The quantitative estimate of drug-likeness (QED) is 0.629. The molecule has 1 N–H and O–H groups in total. The van der Waals surface area contributed by atoms with Crippen molar-refractivity contribution in [2.75, 3.05) is 10.2 Å². The summed E-state index contributed by atoms with van der Waals surface area (Å²) < 4.78 is 9.97. The van der Waals surface area contributed by atoms with E-state index >= 15 is 0 Å². The molecule has 0 unspecified atom stereocenters. The standard InChI is InChI=1S/C18H17N3O6/c1-10-9-14(20-27-10)19-17(24)11(2)26-18(25)12-3-5-13(6-4-12)21-15(22)7-8-16(21)23/h3-6,9,11H,7-8H2,1-2H3,(H,19,20,24)/t11-/m1/s1. The summed E-state index contributed by atoms with van der Waals surface area (Å²) in [6.45, 7) is 3.11. The van der Waals surface area contributed by atoms with E-state index in [-0.39, 0.29) is 36.0 Å². The van der Waals surface area contributed by atoms with Crippen molar-refractivity contribution in [3.05, 3.63) is 41.7 Å². The zero-order valence-electron chi connectivity index (χ0n) is 14.7. The van der Waals surface area contributed by atoms with Gasteiger partial charge in [0.2, 0.25) is 11.8 Å². The van der Waals surface area contributed by atoms with E-state index in [1.807, 2.05) is 0 Å². The number of carbonyl (C=O) groups excluding carboxylic acids is 4. The molecule has 1 saturated heterocycles. The van der Waals surface area contributed by atoms with Crippen LogP contribution in [0.3, 0.4) is 0 Å². The molecule has 0 aliphatic carbocycles. The summed E-state index contributed by atoms with van der Waals surface area (Å²) in [5.41, 5.74) is 0.584. The number of imide groups is 1. The molecule has 9 heteroatoms. The van der Waals surface area contributed by atoms with Crippen LogP contribution >= 0.6 is 0 Å². The number of hydrogen-bond acceptors (Lipinski definition) is 7. The third kappa shape index (κ3) is 4.02. The Hall–Kier alpha value is -3.49. The molecule has 1 atom stereocenters. The van der Waals surface area contributed by atoms with Gasteiger partial charge in [-0.25, -0.2) is 4.79 Å². The molecule has 140 valence electrons. The number of aryl methyl sites for hydroxylation is 1. The highest BCUT2D eigenvalue weighted by atomic mass is 16.5. The van der Waals surface area contributed by atoms with Crippen LogP contribution in [0.5, 0.6) is 0 Å². The summed E-state index contributed by atoms with van der Waals surface area (Å²) in [4.78, 5) is 48.8. The molecule has 2 heterocycles. The van der Waals surface area contributed by atoms with Crippen LogP contribution in [-0.2, 0) is 19.1 Å². The minimum Gasteiger partial charge on any atom is -0.449 e. The number of ether oxygens (including phenoxy) is 1. The van der Waals surface area contributed by atoms with E-state index in [4.69, 9.17) is 9.26 Å². The van der Waals surface area contributed by atoms with Crippen molar-refractivity contribution in [2.24, 2.45) is 0 Å². The second-order valence-electron chi connectivity index (χ2n) is 6.03. The number of anilines is 2. The summed E-state index contributed by atoms with van der Waals surface area (Å²) in [5.74, 6) is -1.05. The first-order valence-corrected chi connectivity index (χ1v) is 8.26. The Morgan fingerprint density at radius 3 is 2.37 bits per heavy atom. The average molecular weight is 371 g/mol. The molecule has 1 aromatic carbocycles. The van der Waals surface area contributed by atoms with E-state index in [2.05, 4.69) is 10.5 Å². The van der Waals surface area contributed by atoms with Crippen LogP contribution in [0.15, 0.2) is 34.9 Å². The van der Waals surface area contributed by atoms with Crippen molar-refractivity contribution in [1.29, 1.82) is 0 Å². The van der Waals surface area contributed by atoms with Gasteiger partial charge in [-0.15, -0.1) is 0 Å². The van der Waals surface area contributed by atoms with Gasteiger partial charge in [-0.1, -0.05) is 5.16 Å². The first kappa shape index (κ1) is 18.3. The number of rotatable bonds is 5. The summed E-state index contributed by atoms with van der Waals surface area (Å²) in [6, 6.07) is 7.37. The number of benzene rings is 1. The van der Waals surface area contributed by atoms with Gasteiger partial charge in [0.05, 0.1) is 11.3 Å². The molecular weight excluding hydrogens is 354 g/mol. The molecule has 1 aliphatic heterocycles. The van der Waals surface area contributed by atoms with Crippen LogP contribution in [0.4, 0.5) is 11.5 Å². The number of nitrogens with zero attached hydrogens (tertiary/aromatic N) is 2. The minimum absolute atomic E-state index is 0.181. The van der Waals surface area contributed by atoms with Gasteiger partial charge in [-0.2, -0.15) is 0 Å². The molecule has 2 aromatic rings. The maximum atomic E-state index is 12.2. The van der Waals surface area contributed by atoms with Gasteiger partial charge in [0.1, 0.15) is 5.76 Å². The van der Waals surface area contributed by atoms with Crippen molar-refractivity contribution < 1.29 is 28.4 Å². The zero-order valence-corrected chi connectivity index (χ0v) is 14.7. The van der Waals surface area contributed by atoms with E-state index in [9.17, 15) is 19.2 Å². The van der Waals surface area contributed by atoms with Gasteiger partial charge in [-0.3, -0.25) is 19.3 Å². The Morgan fingerprint density at radius 1 is 1.19 bits per heavy atom. The molecule has 0 spiro atoms. The van der Waals surface area contributed by atoms with E-state index < -0.39 is 18.0 Å². The van der Waals surface area contributed by atoms with Crippen LogP contribution in [-0.4, -0.2) is 35.0 Å². The predicted molar refractivity (Wildman–Crippen MR) is 92.9 cm³/mol. The molecule has 9 nitrogen and oxygen atoms in total. The molecule has 0 bridgehead atoms. The maximum Gasteiger partial charge on any atom is 0.338 e. The summed E-state index contributed by atoms with van der Waals surface area (Å²) >= 11 is 0. The fraction of sp³-hybridized carbons (Fsp3) is 0.278. The first-order chi connectivity index (χ1) is 12.8.